The lowest BCUT2D eigenvalue weighted by molar-refractivity contribution is 0.417. The number of benzene rings is 3. The molecule has 0 bridgehead atoms. The average Bonchev–Trinajstić information content (AvgIpc) is 2.59. The Bertz CT molecular complexity index is 770. The Balaban J connectivity index is 1.70. The van der Waals surface area contributed by atoms with Crippen LogP contribution in [0.3, 0.4) is 0 Å². The van der Waals surface area contributed by atoms with Crippen LogP contribution in [0.1, 0.15) is 0 Å². The highest BCUT2D eigenvalue weighted by atomic mass is 35.5. The fraction of sp³-hybridized carbons (Fsp3) is 0.0526. The van der Waals surface area contributed by atoms with Crippen molar-refractivity contribution in [2.45, 2.75) is 0 Å². The van der Waals surface area contributed by atoms with E-state index in [2.05, 4.69) is 10.6 Å². The number of rotatable bonds is 5. The molecule has 4 heteroatoms. The highest BCUT2D eigenvalue weighted by molar-refractivity contribution is 6.30. The highest BCUT2D eigenvalue weighted by Crippen LogP contribution is 2.28. The molecular weight excluding hydrogens is 308 g/mol. The molecule has 0 aliphatic heterocycles. The lowest BCUT2D eigenvalue weighted by atomic mass is 10.2. The van der Waals surface area contributed by atoms with Crippen molar-refractivity contribution >= 4 is 34.4 Å². The van der Waals surface area contributed by atoms with E-state index in [9.17, 15) is 0 Å². The van der Waals surface area contributed by atoms with Crippen LogP contribution < -0.4 is 15.4 Å². The Morgan fingerprint density at radius 2 is 1.22 bits per heavy atom. The monoisotopic (exact) mass is 324 g/mol. The number of hydrogen-bond donors (Lipinski definition) is 2. The molecule has 2 N–H and O–H groups in total. The van der Waals surface area contributed by atoms with E-state index in [0.717, 1.165) is 33.5 Å². The second-order valence-corrected chi connectivity index (χ2v) is 5.47. The van der Waals surface area contributed by atoms with Crippen molar-refractivity contribution in [2.24, 2.45) is 0 Å². The van der Waals surface area contributed by atoms with Gasteiger partial charge in [0.15, 0.2) is 0 Å². The smallest absolute Gasteiger partial charge is 0.142 e. The molecule has 116 valence electrons. The van der Waals surface area contributed by atoms with E-state index in [-0.39, 0.29) is 0 Å². The molecule has 0 saturated carbocycles. The minimum Gasteiger partial charge on any atom is -0.495 e. The first-order valence-electron chi connectivity index (χ1n) is 7.27. The van der Waals surface area contributed by atoms with Crippen molar-refractivity contribution in [1.82, 2.24) is 0 Å². The van der Waals surface area contributed by atoms with Gasteiger partial charge in [-0.2, -0.15) is 0 Å². The Kier molecular flexibility index (Phi) is 4.69. The molecule has 3 rings (SSSR count). The molecule has 3 aromatic rings. The van der Waals surface area contributed by atoms with Gasteiger partial charge in [-0.25, -0.2) is 0 Å². The maximum atomic E-state index is 5.89. The normalized spacial score (nSPS) is 10.2. The molecule has 0 aromatic heterocycles. The third-order valence-electron chi connectivity index (χ3n) is 3.40. The second-order valence-electron chi connectivity index (χ2n) is 5.03. The van der Waals surface area contributed by atoms with E-state index in [1.165, 1.54) is 0 Å². The average molecular weight is 325 g/mol. The van der Waals surface area contributed by atoms with E-state index in [4.69, 9.17) is 16.3 Å². The van der Waals surface area contributed by atoms with Gasteiger partial charge in [0.2, 0.25) is 0 Å². The Morgan fingerprint density at radius 3 is 1.83 bits per heavy atom. The van der Waals surface area contributed by atoms with Crippen LogP contribution in [0.2, 0.25) is 5.02 Å². The first kappa shape index (κ1) is 15.3. The number of ether oxygens (including phenoxy) is 1. The largest absolute Gasteiger partial charge is 0.495 e. The zero-order valence-corrected chi connectivity index (χ0v) is 13.5. The summed E-state index contributed by atoms with van der Waals surface area (Å²) in [5, 5.41) is 7.41. The van der Waals surface area contributed by atoms with Gasteiger partial charge in [0, 0.05) is 22.1 Å². The Hall–Kier alpha value is -2.65. The van der Waals surface area contributed by atoms with Crippen LogP contribution >= 0.6 is 11.6 Å². The summed E-state index contributed by atoms with van der Waals surface area (Å²) in [5.41, 5.74) is 3.95. The molecule has 0 saturated heterocycles. The van der Waals surface area contributed by atoms with Crippen LogP contribution in [0, 0.1) is 0 Å². The van der Waals surface area contributed by atoms with Gasteiger partial charge in [0.1, 0.15) is 5.75 Å². The summed E-state index contributed by atoms with van der Waals surface area (Å²) < 4.78 is 5.34. The number of halogens is 1. The van der Waals surface area contributed by atoms with Gasteiger partial charge in [0.25, 0.3) is 0 Å². The number of para-hydroxylation sites is 2. The molecule has 0 atom stereocenters. The van der Waals surface area contributed by atoms with Crippen molar-refractivity contribution in [3.05, 3.63) is 77.8 Å². The molecule has 0 spiro atoms. The van der Waals surface area contributed by atoms with Gasteiger partial charge < -0.3 is 15.4 Å². The van der Waals surface area contributed by atoms with Gasteiger partial charge in [-0.15, -0.1) is 0 Å². The van der Waals surface area contributed by atoms with Crippen LogP contribution in [0.5, 0.6) is 5.75 Å². The van der Waals surface area contributed by atoms with E-state index >= 15 is 0 Å². The maximum absolute atomic E-state index is 5.89. The number of hydrogen-bond acceptors (Lipinski definition) is 3. The van der Waals surface area contributed by atoms with Gasteiger partial charge >= 0.3 is 0 Å². The molecule has 23 heavy (non-hydrogen) atoms. The minimum absolute atomic E-state index is 0.729. The van der Waals surface area contributed by atoms with Crippen molar-refractivity contribution < 1.29 is 4.74 Å². The van der Waals surface area contributed by atoms with E-state index in [1.807, 2.05) is 72.8 Å². The summed E-state index contributed by atoms with van der Waals surface area (Å²) in [5.74, 6) is 0.816. The molecule has 0 aliphatic carbocycles. The van der Waals surface area contributed by atoms with Gasteiger partial charge in [-0.3, -0.25) is 0 Å². The van der Waals surface area contributed by atoms with E-state index in [1.54, 1.807) is 7.11 Å². The zero-order chi connectivity index (χ0) is 16.1. The zero-order valence-electron chi connectivity index (χ0n) is 12.7. The summed E-state index contributed by atoms with van der Waals surface area (Å²) in [4.78, 5) is 0. The quantitative estimate of drug-likeness (QED) is 0.619. The third-order valence-corrected chi connectivity index (χ3v) is 3.66. The summed E-state index contributed by atoms with van der Waals surface area (Å²) in [6.45, 7) is 0. The molecular formula is C19H17ClN2O. The molecule has 0 aliphatic rings. The lowest BCUT2D eigenvalue weighted by Crippen LogP contribution is -1.95. The van der Waals surface area contributed by atoms with Crippen molar-refractivity contribution in [1.29, 1.82) is 0 Å². The molecule has 0 radical (unpaired) electrons. The minimum atomic E-state index is 0.729. The summed E-state index contributed by atoms with van der Waals surface area (Å²) in [6, 6.07) is 23.5. The van der Waals surface area contributed by atoms with E-state index in [0.29, 0.717) is 0 Å². The number of methoxy groups -OCH3 is 1. The molecule has 0 unspecified atom stereocenters. The van der Waals surface area contributed by atoms with E-state index < -0.39 is 0 Å². The third kappa shape index (κ3) is 3.96. The molecule has 3 nitrogen and oxygen atoms in total. The molecule has 0 heterocycles. The molecule has 0 fully saturated rings. The maximum Gasteiger partial charge on any atom is 0.142 e. The second kappa shape index (κ2) is 7.07. The van der Waals surface area contributed by atoms with Crippen molar-refractivity contribution in [3.8, 4) is 5.75 Å². The molecule has 3 aromatic carbocycles. The van der Waals surface area contributed by atoms with Crippen LogP contribution in [0.4, 0.5) is 22.7 Å². The standard InChI is InChI=1S/C19H17ClN2O/c1-23-19-5-3-2-4-18(19)22-17-12-10-16(11-13-17)21-15-8-6-14(20)7-9-15/h2-13,21-22H,1H3. The van der Waals surface area contributed by atoms with Crippen molar-refractivity contribution in [2.75, 3.05) is 17.7 Å². The van der Waals surface area contributed by atoms with Crippen LogP contribution in [0.25, 0.3) is 0 Å². The van der Waals surface area contributed by atoms with Gasteiger partial charge in [-0.05, 0) is 60.7 Å². The number of anilines is 4. The van der Waals surface area contributed by atoms with Crippen LogP contribution in [-0.2, 0) is 0 Å². The Morgan fingerprint density at radius 1 is 0.696 bits per heavy atom. The van der Waals surface area contributed by atoms with Crippen LogP contribution in [0.15, 0.2) is 72.8 Å². The lowest BCUT2D eigenvalue weighted by Gasteiger charge is -2.12. The fourth-order valence-corrected chi connectivity index (χ4v) is 2.37. The predicted molar refractivity (Wildman–Crippen MR) is 97.5 cm³/mol. The SMILES string of the molecule is COc1ccccc1Nc1ccc(Nc2ccc(Cl)cc2)cc1. The topological polar surface area (TPSA) is 33.3 Å². The van der Waals surface area contributed by atoms with Crippen LogP contribution in [-0.4, -0.2) is 7.11 Å². The molecule has 0 amide bonds. The summed E-state index contributed by atoms with van der Waals surface area (Å²) in [6.07, 6.45) is 0. The first-order valence-corrected chi connectivity index (χ1v) is 7.65. The fourth-order valence-electron chi connectivity index (χ4n) is 2.24. The summed E-state index contributed by atoms with van der Waals surface area (Å²) in [7, 11) is 1.67. The van der Waals surface area contributed by atoms with Crippen molar-refractivity contribution in [3.63, 3.8) is 0 Å². The van der Waals surface area contributed by atoms with Gasteiger partial charge in [0.05, 0.1) is 12.8 Å². The number of nitrogens with one attached hydrogen (secondary N) is 2. The Labute approximate surface area is 140 Å². The predicted octanol–water partition coefficient (Wildman–Crippen LogP) is 5.84. The summed E-state index contributed by atoms with van der Waals surface area (Å²) >= 11 is 5.89. The van der Waals surface area contributed by atoms with Gasteiger partial charge in [-0.1, -0.05) is 23.7 Å². The highest BCUT2D eigenvalue weighted by Gasteiger charge is 2.02. The first-order chi connectivity index (χ1) is 11.2.